The Bertz CT molecular complexity index is 872. The lowest BCUT2D eigenvalue weighted by Gasteiger charge is -2.08. The highest BCUT2D eigenvalue weighted by atomic mass is 32.2. The minimum absolute atomic E-state index is 0.0347. The number of ether oxygens (including phenoxy) is 1. The molecule has 0 saturated heterocycles. The zero-order chi connectivity index (χ0) is 18.4. The smallest absolute Gasteiger partial charge is 0.387 e. The first-order valence-corrected chi connectivity index (χ1v) is 8.72. The van der Waals surface area contributed by atoms with Gasteiger partial charge in [-0.1, -0.05) is 30.0 Å². The van der Waals surface area contributed by atoms with Gasteiger partial charge in [0.25, 0.3) is 0 Å². The molecule has 3 rings (SSSR count). The number of carbonyl (C=O) groups excluding carboxylic acids is 1. The van der Waals surface area contributed by atoms with Crippen molar-refractivity contribution in [2.45, 2.75) is 18.3 Å². The molecule has 0 aliphatic rings. The van der Waals surface area contributed by atoms with Crippen molar-refractivity contribution in [3.8, 4) is 5.75 Å². The van der Waals surface area contributed by atoms with E-state index in [1.165, 1.54) is 30.0 Å². The number of benzene rings is 1. The van der Waals surface area contributed by atoms with E-state index >= 15 is 0 Å². The summed E-state index contributed by atoms with van der Waals surface area (Å²) in [6.07, 6.45) is 5.20. The summed E-state index contributed by atoms with van der Waals surface area (Å²) in [4.78, 5) is 20.9. The number of hydrogen-bond acceptors (Lipinski definition) is 5. The lowest BCUT2D eigenvalue weighted by Crippen LogP contribution is -2.07. The maximum atomic E-state index is 12.3. The molecule has 26 heavy (non-hydrogen) atoms. The first-order valence-electron chi connectivity index (χ1n) is 7.74. The third kappa shape index (κ3) is 4.89. The zero-order valence-corrected chi connectivity index (χ0v) is 14.4. The molecule has 0 radical (unpaired) electrons. The van der Waals surface area contributed by atoms with Crippen LogP contribution in [0.5, 0.6) is 5.75 Å². The third-order valence-corrected chi connectivity index (χ3v) is 4.45. The molecule has 3 aromatic rings. The highest BCUT2D eigenvalue weighted by Crippen LogP contribution is 2.21. The van der Waals surface area contributed by atoms with Gasteiger partial charge in [0.1, 0.15) is 5.75 Å². The summed E-state index contributed by atoms with van der Waals surface area (Å²) in [6.45, 7) is -2.37. The van der Waals surface area contributed by atoms with E-state index in [-0.39, 0.29) is 17.3 Å². The van der Waals surface area contributed by atoms with Crippen molar-refractivity contribution in [3.05, 3.63) is 72.3 Å². The number of halogens is 2. The normalized spacial score (nSPS) is 10.9. The van der Waals surface area contributed by atoms with Gasteiger partial charge in [-0.3, -0.25) is 9.78 Å². The SMILES string of the molecule is O=C(CSc1nccn1Cc1ccccn1)c1cccc(OC(F)F)c1. The number of nitrogens with zero attached hydrogens (tertiary/aromatic N) is 3. The van der Waals surface area contributed by atoms with E-state index in [9.17, 15) is 13.6 Å². The van der Waals surface area contributed by atoms with Gasteiger partial charge in [-0.2, -0.15) is 8.78 Å². The van der Waals surface area contributed by atoms with Crippen LogP contribution in [-0.4, -0.2) is 32.7 Å². The largest absolute Gasteiger partial charge is 0.435 e. The van der Waals surface area contributed by atoms with E-state index in [2.05, 4.69) is 14.7 Å². The van der Waals surface area contributed by atoms with Gasteiger partial charge in [0, 0.05) is 24.2 Å². The number of imidazole rings is 1. The molecular weight excluding hydrogens is 360 g/mol. The molecule has 0 amide bonds. The Morgan fingerprint density at radius 2 is 2.04 bits per heavy atom. The van der Waals surface area contributed by atoms with E-state index in [4.69, 9.17) is 0 Å². The van der Waals surface area contributed by atoms with Crippen LogP contribution in [0.4, 0.5) is 8.78 Å². The monoisotopic (exact) mass is 375 g/mol. The summed E-state index contributed by atoms with van der Waals surface area (Å²) < 4.78 is 30.8. The van der Waals surface area contributed by atoms with Crippen LogP contribution in [0.25, 0.3) is 0 Å². The Kier molecular flexibility index (Phi) is 5.96. The standard InChI is InChI=1S/C18H15F2N3O2S/c19-17(20)25-15-6-3-4-13(10-15)16(24)12-26-18-22-8-9-23(18)11-14-5-1-2-7-21-14/h1-10,17H,11-12H2. The predicted molar refractivity (Wildman–Crippen MR) is 93.7 cm³/mol. The van der Waals surface area contributed by atoms with Crippen molar-refractivity contribution in [3.63, 3.8) is 0 Å². The van der Waals surface area contributed by atoms with Gasteiger partial charge in [0.05, 0.1) is 18.0 Å². The Morgan fingerprint density at radius 1 is 1.15 bits per heavy atom. The summed E-state index contributed by atoms with van der Waals surface area (Å²) in [6, 6.07) is 11.4. The Morgan fingerprint density at radius 3 is 2.81 bits per heavy atom. The van der Waals surface area contributed by atoms with Crippen molar-refractivity contribution in [1.29, 1.82) is 0 Å². The molecule has 5 nitrogen and oxygen atoms in total. The van der Waals surface area contributed by atoms with Gasteiger partial charge < -0.3 is 9.30 Å². The Balaban J connectivity index is 1.63. The highest BCUT2D eigenvalue weighted by Gasteiger charge is 2.12. The summed E-state index contributed by atoms with van der Waals surface area (Å²) in [5, 5.41) is 0.684. The maximum absolute atomic E-state index is 12.3. The molecule has 0 unspecified atom stereocenters. The van der Waals surface area contributed by atoms with Crippen molar-refractivity contribution in [2.75, 3.05) is 5.75 Å². The van der Waals surface area contributed by atoms with E-state index in [0.717, 1.165) is 5.69 Å². The number of Topliss-reactive ketones (excluding diaryl/α,β-unsaturated/α-hetero) is 1. The highest BCUT2D eigenvalue weighted by molar-refractivity contribution is 7.99. The molecule has 0 aliphatic heterocycles. The quantitative estimate of drug-likeness (QED) is 0.441. The van der Waals surface area contributed by atoms with Crippen LogP contribution < -0.4 is 4.74 Å². The number of ketones is 1. The molecule has 1 aromatic carbocycles. The fourth-order valence-corrected chi connectivity index (χ4v) is 3.13. The van der Waals surface area contributed by atoms with Crippen LogP contribution in [0.2, 0.25) is 0 Å². The summed E-state index contributed by atoms with van der Waals surface area (Å²) in [5.41, 5.74) is 1.20. The topological polar surface area (TPSA) is 57.0 Å². The molecule has 2 aromatic heterocycles. The second kappa shape index (κ2) is 8.57. The first-order chi connectivity index (χ1) is 12.6. The van der Waals surface area contributed by atoms with Crippen LogP contribution in [0, 0.1) is 0 Å². The average Bonchev–Trinajstić information content (AvgIpc) is 3.07. The van der Waals surface area contributed by atoms with Gasteiger partial charge >= 0.3 is 6.61 Å². The molecule has 8 heteroatoms. The fourth-order valence-electron chi connectivity index (χ4n) is 2.28. The summed E-state index contributed by atoms with van der Waals surface area (Å²) in [5.74, 6) is -0.0909. The first kappa shape index (κ1) is 18.1. The number of carbonyl (C=O) groups is 1. The molecule has 0 spiro atoms. The van der Waals surface area contributed by atoms with Crippen LogP contribution in [0.15, 0.2) is 66.2 Å². The third-order valence-electron chi connectivity index (χ3n) is 3.45. The Hall–Kier alpha value is -2.74. The molecule has 0 bridgehead atoms. The fraction of sp³-hybridized carbons (Fsp3) is 0.167. The molecule has 0 atom stereocenters. The van der Waals surface area contributed by atoms with Gasteiger partial charge in [-0.15, -0.1) is 0 Å². The Labute approximate surface area is 153 Å². The van der Waals surface area contributed by atoms with Gasteiger partial charge in [-0.25, -0.2) is 4.98 Å². The van der Waals surface area contributed by atoms with E-state index in [1.807, 2.05) is 29.0 Å². The van der Waals surface area contributed by atoms with Gasteiger partial charge in [0.15, 0.2) is 10.9 Å². The zero-order valence-electron chi connectivity index (χ0n) is 13.6. The van der Waals surface area contributed by atoms with Crippen LogP contribution in [-0.2, 0) is 6.54 Å². The number of hydrogen-bond donors (Lipinski definition) is 0. The minimum Gasteiger partial charge on any atom is -0.435 e. The molecular formula is C18H15F2N3O2S. The lowest BCUT2D eigenvalue weighted by atomic mass is 10.1. The lowest BCUT2D eigenvalue weighted by molar-refractivity contribution is -0.0498. The second-order valence-corrected chi connectivity index (χ2v) is 6.22. The average molecular weight is 375 g/mol. The number of thioether (sulfide) groups is 1. The van der Waals surface area contributed by atoms with Crippen LogP contribution >= 0.6 is 11.8 Å². The maximum Gasteiger partial charge on any atom is 0.387 e. The van der Waals surface area contributed by atoms with E-state index in [0.29, 0.717) is 17.3 Å². The number of rotatable bonds is 8. The summed E-state index contributed by atoms with van der Waals surface area (Å²) in [7, 11) is 0. The second-order valence-electron chi connectivity index (χ2n) is 5.28. The van der Waals surface area contributed by atoms with Crippen molar-refractivity contribution >= 4 is 17.5 Å². The minimum atomic E-state index is -2.92. The molecule has 0 fully saturated rings. The molecule has 134 valence electrons. The van der Waals surface area contributed by atoms with Gasteiger partial charge in [-0.05, 0) is 24.3 Å². The number of aromatic nitrogens is 3. The van der Waals surface area contributed by atoms with Crippen molar-refractivity contribution in [2.24, 2.45) is 0 Å². The van der Waals surface area contributed by atoms with Crippen LogP contribution in [0.3, 0.4) is 0 Å². The van der Waals surface area contributed by atoms with Crippen LogP contribution in [0.1, 0.15) is 16.1 Å². The van der Waals surface area contributed by atoms with E-state index < -0.39 is 6.61 Å². The number of alkyl halides is 2. The molecule has 2 heterocycles. The molecule has 0 N–H and O–H groups in total. The number of pyridine rings is 1. The van der Waals surface area contributed by atoms with E-state index in [1.54, 1.807) is 18.5 Å². The van der Waals surface area contributed by atoms with Crippen molar-refractivity contribution < 1.29 is 18.3 Å². The van der Waals surface area contributed by atoms with Crippen molar-refractivity contribution in [1.82, 2.24) is 14.5 Å². The predicted octanol–water partition coefficient (Wildman–Crippen LogP) is 3.90. The van der Waals surface area contributed by atoms with Gasteiger partial charge in [0.2, 0.25) is 0 Å². The molecule has 0 aliphatic carbocycles. The molecule has 0 saturated carbocycles. The summed E-state index contributed by atoms with van der Waals surface area (Å²) >= 11 is 1.28.